The molecule has 1 aromatic rings. The Labute approximate surface area is 138 Å². The topological polar surface area (TPSA) is 92.1 Å². The Balaban J connectivity index is 2.48. The molecule has 5 nitrogen and oxygen atoms in total. The minimum Gasteiger partial charge on any atom is -0.319 e. The van der Waals surface area contributed by atoms with E-state index in [2.05, 4.69) is 31.3 Å². The summed E-state index contributed by atoms with van der Waals surface area (Å²) in [5, 5.41) is 9.42. The highest BCUT2D eigenvalue weighted by Gasteiger charge is 2.44. The Bertz CT molecular complexity index is 752. The van der Waals surface area contributed by atoms with Crippen molar-refractivity contribution in [3.63, 3.8) is 0 Å². The van der Waals surface area contributed by atoms with E-state index >= 15 is 0 Å². The number of nitrogens with two attached hydrogens (primary N) is 1. The lowest BCUT2D eigenvalue weighted by Gasteiger charge is -2.34. The van der Waals surface area contributed by atoms with Gasteiger partial charge in [0.15, 0.2) is 0 Å². The standard InChI is InChI=1S/C14H18BrFN4OS/c1-13(8-17)6-3-7-19-22(13,21)9-14(2,18)12-10(16)4-5-11(15)20-12/h4-5H,3,6-7,9,18H2,1-2H3. The lowest BCUT2D eigenvalue weighted by atomic mass is 10.0. The Morgan fingerprint density at radius 3 is 2.95 bits per heavy atom. The van der Waals surface area contributed by atoms with Crippen molar-refractivity contribution in [1.29, 1.82) is 5.26 Å². The lowest BCUT2D eigenvalue weighted by molar-refractivity contribution is 0.475. The Kier molecular flexibility index (Phi) is 4.62. The normalized spacial score (nSPS) is 30.9. The van der Waals surface area contributed by atoms with Gasteiger partial charge in [-0.25, -0.2) is 17.9 Å². The van der Waals surface area contributed by atoms with Crippen molar-refractivity contribution in [3.8, 4) is 6.07 Å². The zero-order valence-electron chi connectivity index (χ0n) is 12.5. The minimum absolute atomic E-state index is 0.0191. The highest BCUT2D eigenvalue weighted by atomic mass is 79.9. The molecule has 3 unspecified atom stereocenters. The second-order valence-corrected chi connectivity index (χ2v) is 9.51. The molecule has 1 aliphatic heterocycles. The smallest absolute Gasteiger partial charge is 0.146 e. The van der Waals surface area contributed by atoms with Gasteiger partial charge in [0.1, 0.15) is 15.2 Å². The van der Waals surface area contributed by atoms with Crippen LogP contribution in [0.1, 0.15) is 32.4 Å². The first-order valence-electron chi connectivity index (χ1n) is 6.86. The molecular formula is C14H18BrFN4OS. The third-order valence-corrected chi connectivity index (χ3v) is 7.64. The van der Waals surface area contributed by atoms with E-state index in [-0.39, 0.29) is 11.4 Å². The highest BCUT2D eigenvalue weighted by molar-refractivity contribution is 9.10. The quantitative estimate of drug-likeness (QED) is 0.805. The molecule has 2 rings (SSSR count). The van der Waals surface area contributed by atoms with Gasteiger partial charge in [-0.2, -0.15) is 5.26 Å². The van der Waals surface area contributed by atoms with Gasteiger partial charge in [-0.1, -0.05) is 0 Å². The monoisotopic (exact) mass is 388 g/mol. The maximum Gasteiger partial charge on any atom is 0.146 e. The molecule has 2 heterocycles. The van der Waals surface area contributed by atoms with E-state index < -0.39 is 25.8 Å². The number of rotatable bonds is 3. The molecule has 120 valence electrons. The minimum atomic E-state index is -2.90. The van der Waals surface area contributed by atoms with Crippen LogP contribution in [0.3, 0.4) is 0 Å². The van der Waals surface area contributed by atoms with E-state index in [9.17, 15) is 13.9 Å². The second-order valence-electron chi connectivity index (χ2n) is 5.97. The highest BCUT2D eigenvalue weighted by Crippen LogP contribution is 2.34. The van der Waals surface area contributed by atoms with Crippen LogP contribution < -0.4 is 5.73 Å². The van der Waals surface area contributed by atoms with Crippen molar-refractivity contribution in [2.45, 2.75) is 37.0 Å². The predicted octanol–water partition coefficient (Wildman–Crippen LogP) is 2.70. The first kappa shape index (κ1) is 17.3. The van der Waals surface area contributed by atoms with Gasteiger partial charge in [-0.3, -0.25) is 0 Å². The van der Waals surface area contributed by atoms with Crippen LogP contribution in [0.5, 0.6) is 0 Å². The molecule has 0 bridgehead atoms. The molecule has 0 aromatic carbocycles. The number of hydrogen-bond donors (Lipinski definition) is 1. The van der Waals surface area contributed by atoms with Crippen LogP contribution in [-0.2, 0) is 15.3 Å². The summed E-state index contributed by atoms with van der Waals surface area (Å²) < 4.78 is 30.9. The van der Waals surface area contributed by atoms with E-state index in [0.29, 0.717) is 24.0 Å². The van der Waals surface area contributed by atoms with E-state index in [1.165, 1.54) is 12.1 Å². The SMILES string of the molecule is CC(N)(CS1(=O)=NCCCC1(C)C#N)c1nc(Br)ccc1F. The molecule has 22 heavy (non-hydrogen) atoms. The summed E-state index contributed by atoms with van der Waals surface area (Å²) in [5.41, 5.74) is 4.96. The van der Waals surface area contributed by atoms with E-state index in [0.717, 1.165) is 0 Å². The number of aromatic nitrogens is 1. The molecule has 0 aliphatic carbocycles. The molecule has 0 fully saturated rings. The maximum atomic E-state index is 14.1. The second kappa shape index (κ2) is 5.87. The van der Waals surface area contributed by atoms with Crippen molar-refractivity contribution >= 4 is 25.7 Å². The number of pyridine rings is 1. The first-order valence-corrected chi connectivity index (χ1v) is 9.34. The van der Waals surface area contributed by atoms with Crippen LogP contribution in [0.2, 0.25) is 0 Å². The van der Waals surface area contributed by atoms with Crippen LogP contribution in [0.15, 0.2) is 21.1 Å². The van der Waals surface area contributed by atoms with Crippen LogP contribution in [0.25, 0.3) is 0 Å². The number of halogens is 2. The molecule has 2 N–H and O–H groups in total. The van der Waals surface area contributed by atoms with Gasteiger partial charge >= 0.3 is 0 Å². The first-order chi connectivity index (χ1) is 10.1. The van der Waals surface area contributed by atoms with Crippen molar-refractivity contribution in [2.24, 2.45) is 10.1 Å². The number of nitriles is 1. The van der Waals surface area contributed by atoms with Gasteiger partial charge in [0, 0.05) is 6.54 Å². The summed E-state index contributed by atoms with van der Waals surface area (Å²) in [5.74, 6) is -0.671. The predicted molar refractivity (Wildman–Crippen MR) is 87.0 cm³/mol. The van der Waals surface area contributed by atoms with Crippen LogP contribution >= 0.6 is 15.9 Å². The maximum absolute atomic E-state index is 14.1. The molecule has 0 amide bonds. The van der Waals surface area contributed by atoms with Crippen LogP contribution in [0, 0.1) is 17.1 Å². The molecule has 0 saturated carbocycles. The van der Waals surface area contributed by atoms with Gasteiger partial charge in [0.2, 0.25) is 0 Å². The largest absolute Gasteiger partial charge is 0.319 e. The van der Waals surface area contributed by atoms with Gasteiger partial charge < -0.3 is 5.73 Å². The van der Waals surface area contributed by atoms with E-state index in [1.807, 2.05) is 0 Å². The van der Waals surface area contributed by atoms with Crippen molar-refractivity contribution in [2.75, 3.05) is 12.3 Å². The summed E-state index contributed by atoms with van der Waals surface area (Å²) in [7, 11) is -2.90. The fourth-order valence-corrected chi connectivity index (χ4v) is 5.54. The third kappa shape index (κ3) is 3.03. The van der Waals surface area contributed by atoms with Gasteiger partial charge in [0.05, 0.1) is 32.8 Å². The van der Waals surface area contributed by atoms with Crippen molar-refractivity contribution < 1.29 is 8.60 Å². The number of nitrogens with zero attached hydrogens (tertiary/aromatic N) is 3. The van der Waals surface area contributed by atoms with Crippen molar-refractivity contribution in [3.05, 3.63) is 28.2 Å². The average molecular weight is 389 g/mol. The average Bonchev–Trinajstić information content (AvgIpc) is 2.44. The fourth-order valence-electron chi connectivity index (χ4n) is 2.56. The zero-order valence-corrected chi connectivity index (χ0v) is 14.9. The molecule has 8 heteroatoms. The van der Waals surface area contributed by atoms with Crippen molar-refractivity contribution in [1.82, 2.24) is 4.98 Å². The van der Waals surface area contributed by atoms with Gasteiger partial charge in [0.25, 0.3) is 0 Å². The molecular weight excluding hydrogens is 371 g/mol. The molecule has 0 saturated heterocycles. The fraction of sp³-hybridized carbons (Fsp3) is 0.571. The molecule has 3 atom stereocenters. The Morgan fingerprint density at radius 1 is 1.64 bits per heavy atom. The summed E-state index contributed by atoms with van der Waals surface area (Å²) >= 11 is 3.18. The lowest BCUT2D eigenvalue weighted by Crippen LogP contribution is -2.49. The van der Waals surface area contributed by atoms with Crippen LogP contribution in [-0.4, -0.2) is 26.2 Å². The molecule has 1 aliphatic rings. The van der Waals surface area contributed by atoms with Gasteiger partial charge in [-0.15, -0.1) is 0 Å². The summed E-state index contributed by atoms with van der Waals surface area (Å²) in [6, 6.07) is 4.85. The summed E-state index contributed by atoms with van der Waals surface area (Å²) in [4.78, 5) is 4.08. The molecule has 0 spiro atoms. The van der Waals surface area contributed by atoms with Gasteiger partial charge in [-0.05, 0) is 54.8 Å². The van der Waals surface area contributed by atoms with E-state index in [4.69, 9.17) is 5.73 Å². The molecule has 1 aromatic heterocycles. The Morgan fingerprint density at radius 2 is 2.32 bits per heavy atom. The summed E-state index contributed by atoms with van der Waals surface area (Å²) in [6.45, 7) is 3.64. The summed E-state index contributed by atoms with van der Waals surface area (Å²) in [6.07, 6.45) is 1.21. The zero-order chi connectivity index (χ0) is 16.6. The van der Waals surface area contributed by atoms with Crippen LogP contribution in [0.4, 0.5) is 4.39 Å². The van der Waals surface area contributed by atoms with E-state index in [1.54, 1.807) is 13.8 Å². The Hall–Kier alpha value is -1.04. The molecule has 0 radical (unpaired) electrons. The third-order valence-electron chi connectivity index (χ3n) is 3.90. The number of hydrogen-bond acceptors (Lipinski definition) is 5.